The molecular weight excluding hydrogens is 666 g/mol. The SMILES string of the molecule is CCOc1ccc(N(CC(=O)N(Cc2ccccc2Cl)C(Cc2ccccc2)C(=O)NC)S(=O)(=O)c2ccc(Br)cc2)cc1. The molecule has 0 aliphatic heterocycles. The lowest BCUT2D eigenvalue weighted by Crippen LogP contribution is -2.53. The van der Waals surface area contributed by atoms with Crippen molar-refractivity contribution in [2.75, 3.05) is 24.5 Å². The number of hydrogen-bond donors (Lipinski definition) is 1. The third-order valence-electron chi connectivity index (χ3n) is 6.93. The van der Waals surface area contributed by atoms with E-state index in [0.717, 1.165) is 9.87 Å². The number of likely N-dealkylation sites (N-methyl/N-ethyl adjacent to an activating group) is 1. The van der Waals surface area contributed by atoms with Crippen LogP contribution < -0.4 is 14.4 Å². The molecule has 0 heterocycles. The van der Waals surface area contributed by atoms with Crippen molar-refractivity contribution in [3.05, 3.63) is 124 Å². The van der Waals surface area contributed by atoms with E-state index in [2.05, 4.69) is 21.2 Å². The summed E-state index contributed by atoms with van der Waals surface area (Å²) in [6.45, 7) is 1.71. The number of amides is 2. The molecule has 44 heavy (non-hydrogen) atoms. The zero-order valence-corrected chi connectivity index (χ0v) is 27.5. The first kappa shape index (κ1) is 33.0. The molecule has 0 saturated carbocycles. The van der Waals surface area contributed by atoms with Crippen molar-refractivity contribution >= 4 is 55.1 Å². The van der Waals surface area contributed by atoms with Crippen LogP contribution in [0.3, 0.4) is 0 Å². The van der Waals surface area contributed by atoms with Crippen LogP contribution in [0.2, 0.25) is 5.02 Å². The van der Waals surface area contributed by atoms with E-state index in [4.69, 9.17) is 16.3 Å². The maximum atomic E-state index is 14.4. The lowest BCUT2D eigenvalue weighted by Gasteiger charge is -2.33. The lowest BCUT2D eigenvalue weighted by molar-refractivity contribution is -0.139. The van der Waals surface area contributed by atoms with Gasteiger partial charge in [-0.15, -0.1) is 0 Å². The number of ether oxygens (including phenoxy) is 1. The standard InChI is InChI=1S/C33H33BrClN3O5S/c1-3-43-28-17-15-27(16-18-28)38(44(41,42)29-19-13-26(34)14-20-29)23-32(39)37(22-25-11-7-8-12-30(25)35)31(33(40)36-2)21-24-9-5-4-6-10-24/h4-20,31H,3,21-23H2,1-2H3,(H,36,40). The number of sulfonamides is 1. The van der Waals surface area contributed by atoms with Gasteiger partial charge < -0.3 is 15.0 Å². The molecule has 1 N–H and O–H groups in total. The number of carbonyl (C=O) groups excluding carboxylic acids is 2. The first-order valence-corrected chi connectivity index (χ1v) is 16.5. The van der Waals surface area contributed by atoms with Crippen LogP contribution in [0.1, 0.15) is 18.1 Å². The summed E-state index contributed by atoms with van der Waals surface area (Å²) < 4.78 is 35.5. The van der Waals surface area contributed by atoms with Crippen LogP contribution in [0.5, 0.6) is 5.75 Å². The van der Waals surface area contributed by atoms with Crippen molar-refractivity contribution in [1.82, 2.24) is 10.2 Å². The van der Waals surface area contributed by atoms with E-state index >= 15 is 0 Å². The van der Waals surface area contributed by atoms with Crippen LogP contribution in [0, 0.1) is 0 Å². The number of nitrogens with one attached hydrogen (secondary N) is 1. The Morgan fingerprint density at radius 3 is 2.16 bits per heavy atom. The zero-order chi connectivity index (χ0) is 31.7. The van der Waals surface area contributed by atoms with Gasteiger partial charge in [0.2, 0.25) is 11.8 Å². The van der Waals surface area contributed by atoms with Gasteiger partial charge in [-0.25, -0.2) is 8.42 Å². The van der Waals surface area contributed by atoms with E-state index in [1.807, 2.05) is 37.3 Å². The number of rotatable bonds is 13. The normalized spacial score (nSPS) is 11.8. The quantitative estimate of drug-likeness (QED) is 0.183. The van der Waals surface area contributed by atoms with Gasteiger partial charge in [0, 0.05) is 29.5 Å². The molecule has 11 heteroatoms. The van der Waals surface area contributed by atoms with Crippen LogP contribution in [0.15, 0.2) is 112 Å². The first-order chi connectivity index (χ1) is 21.1. The minimum atomic E-state index is -4.22. The van der Waals surface area contributed by atoms with Crippen molar-refractivity contribution < 1.29 is 22.7 Å². The average Bonchev–Trinajstić information content (AvgIpc) is 3.03. The van der Waals surface area contributed by atoms with E-state index in [1.165, 1.54) is 24.1 Å². The second kappa shape index (κ2) is 15.2. The fourth-order valence-electron chi connectivity index (χ4n) is 4.67. The van der Waals surface area contributed by atoms with Gasteiger partial charge in [0.05, 0.1) is 17.2 Å². The molecule has 0 aliphatic carbocycles. The van der Waals surface area contributed by atoms with Crippen molar-refractivity contribution in [2.45, 2.75) is 30.8 Å². The first-order valence-electron chi connectivity index (χ1n) is 13.9. The summed E-state index contributed by atoms with van der Waals surface area (Å²) in [5.74, 6) is -0.409. The predicted octanol–water partition coefficient (Wildman–Crippen LogP) is 6.08. The van der Waals surface area contributed by atoms with Crippen molar-refractivity contribution in [3.63, 3.8) is 0 Å². The second-order valence-corrected chi connectivity index (χ2v) is 13.0. The summed E-state index contributed by atoms with van der Waals surface area (Å²) in [5, 5.41) is 3.09. The van der Waals surface area contributed by atoms with E-state index in [-0.39, 0.29) is 23.5 Å². The molecular formula is C33H33BrClN3O5S. The number of halogens is 2. The minimum absolute atomic E-state index is 0.00664. The molecule has 0 bridgehead atoms. The molecule has 0 saturated heterocycles. The molecule has 0 radical (unpaired) electrons. The van der Waals surface area contributed by atoms with E-state index in [1.54, 1.807) is 60.7 Å². The van der Waals surface area contributed by atoms with Crippen LogP contribution >= 0.6 is 27.5 Å². The fraction of sp³-hybridized carbons (Fsp3) is 0.212. The average molecular weight is 699 g/mol. The van der Waals surface area contributed by atoms with Gasteiger partial charge in [0.15, 0.2) is 0 Å². The van der Waals surface area contributed by atoms with Gasteiger partial charge in [0.1, 0.15) is 18.3 Å². The lowest BCUT2D eigenvalue weighted by atomic mass is 10.0. The van der Waals surface area contributed by atoms with Gasteiger partial charge >= 0.3 is 0 Å². The molecule has 0 fully saturated rings. The number of anilines is 1. The van der Waals surface area contributed by atoms with E-state index in [9.17, 15) is 18.0 Å². The summed E-state index contributed by atoms with van der Waals surface area (Å²) in [4.78, 5) is 29.1. The Hall–Kier alpha value is -3.86. The highest BCUT2D eigenvalue weighted by molar-refractivity contribution is 9.10. The molecule has 1 atom stereocenters. The number of hydrogen-bond acceptors (Lipinski definition) is 5. The maximum Gasteiger partial charge on any atom is 0.264 e. The molecule has 4 aromatic rings. The van der Waals surface area contributed by atoms with Crippen molar-refractivity contribution in [1.29, 1.82) is 0 Å². The number of benzene rings is 4. The van der Waals surface area contributed by atoms with Gasteiger partial charge in [-0.3, -0.25) is 13.9 Å². The molecule has 230 valence electrons. The second-order valence-electron chi connectivity index (χ2n) is 9.83. The van der Waals surface area contributed by atoms with Crippen LogP contribution in [-0.4, -0.2) is 51.4 Å². The summed E-state index contributed by atoms with van der Waals surface area (Å²) in [6, 6.07) is 28.1. The molecule has 1 unspecified atom stereocenters. The number of carbonyl (C=O) groups is 2. The molecule has 4 aromatic carbocycles. The van der Waals surface area contributed by atoms with E-state index < -0.39 is 34.4 Å². The van der Waals surface area contributed by atoms with Gasteiger partial charge in [-0.05, 0) is 72.6 Å². The highest BCUT2D eigenvalue weighted by Gasteiger charge is 2.34. The maximum absolute atomic E-state index is 14.4. The van der Waals surface area contributed by atoms with Gasteiger partial charge in [-0.2, -0.15) is 0 Å². The molecule has 2 amide bonds. The molecule has 0 aliphatic rings. The van der Waals surface area contributed by atoms with Gasteiger partial charge in [0.25, 0.3) is 10.0 Å². The van der Waals surface area contributed by atoms with Crippen LogP contribution in [0.4, 0.5) is 5.69 Å². The smallest absolute Gasteiger partial charge is 0.264 e. The number of nitrogens with zero attached hydrogens (tertiary/aromatic N) is 2. The van der Waals surface area contributed by atoms with Crippen LogP contribution in [0.25, 0.3) is 0 Å². The summed E-state index contributed by atoms with van der Waals surface area (Å²) >= 11 is 9.84. The highest BCUT2D eigenvalue weighted by atomic mass is 79.9. The van der Waals surface area contributed by atoms with Gasteiger partial charge in [-0.1, -0.05) is 76.1 Å². The summed E-state index contributed by atoms with van der Waals surface area (Å²) in [7, 11) is -2.72. The Morgan fingerprint density at radius 1 is 0.909 bits per heavy atom. The third-order valence-corrected chi connectivity index (χ3v) is 9.62. The Morgan fingerprint density at radius 2 is 1.55 bits per heavy atom. The molecule has 0 aromatic heterocycles. The Labute approximate surface area is 271 Å². The molecule has 0 spiro atoms. The Balaban J connectivity index is 1.79. The third kappa shape index (κ3) is 8.19. The monoisotopic (exact) mass is 697 g/mol. The largest absolute Gasteiger partial charge is 0.494 e. The zero-order valence-electron chi connectivity index (χ0n) is 24.3. The molecule has 8 nitrogen and oxygen atoms in total. The Kier molecular flexibility index (Phi) is 11.4. The Bertz CT molecular complexity index is 1670. The summed E-state index contributed by atoms with van der Waals surface area (Å²) in [5.41, 5.74) is 1.72. The van der Waals surface area contributed by atoms with Crippen molar-refractivity contribution in [2.24, 2.45) is 0 Å². The van der Waals surface area contributed by atoms with Crippen molar-refractivity contribution in [3.8, 4) is 5.75 Å². The minimum Gasteiger partial charge on any atom is -0.494 e. The topological polar surface area (TPSA) is 96.0 Å². The highest BCUT2D eigenvalue weighted by Crippen LogP contribution is 2.28. The predicted molar refractivity (Wildman–Crippen MR) is 176 cm³/mol. The summed E-state index contributed by atoms with van der Waals surface area (Å²) in [6.07, 6.45) is 0.208. The van der Waals surface area contributed by atoms with E-state index in [0.29, 0.717) is 27.4 Å². The molecule has 4 rings (SSSR count). The van der Waals surface area contributed by atoms with Crippen LogP contribution in [-0.2, 0) is 32.6 Å². The fourth-order valence-corrected chi connectivity index (χ4v) is 6.54.